The van der Waals surface area contributed by atoms with E-state index in [0.717, 1.165) is 44.3 Å². The molecule has 1 fully saturated rings. The Kier molecular flexibility index (Phi) is 8.60. The number of methoxy groups -OCH3 is 1. The van der Waals surface area contributed by atoms with Crippen molar-refractivity contribution in [3.63, 3.8) is 0 Å². The van der Waals surface area contributed by atoms with Crippen LogP contribution in [0.3, 0.4) is 0 Å². The van der Waals surface area contributed by atoms with Gasteiger partial charge in [0, 0.05) is 26.2 Å². The molecular weight excluding hydrogens is 312 g/mol. The monoisotopic (exact) mass is 346 g/mol. The van der Waals surface area contributed by atoms with E-state index in [1.807, 2.05) is 12.1 Å². The number of hydrogen-bond donors (Lipinski definition) is 2. The summed E-state index contributed by atoms with van der Waals surface area (Å²) in [6, 6.07) is 8.18. The van der Waals surface area contributed by atoms with Crippen LogP contribution in [-0.2, 0) is 6.42 Å². The van der Waals surface area contributed by atoms with Crippen LogP contribution < -0.4 is 15.4 Å². The second-order valence-electron chi connectivity index (χ2n) is 6.82. The van der Waals surface area contributed by atoms with Gasteiger partial charge in [0.25, 0.3) is 0 Å². The van der Waals surface area contributed by atoms with Gasteiger partial charge in [-0.3, -0.25) is 4.99 Å². The zero-order valence-electron chi connectivity index (χ0n) is 16.1. The average molecular weight is 347 g/mol. The summed E-state index contributed by atoms with van der Waals surface area (Å²) in [5, 5.41) is 6.78. The predicted octanol–water partition coefficient (Wildman–Crippen LogP) is 2.52. The maximum Gasteiger partial charge on any atom is 0.191 e. The molecule has 1 atom stereocenters. The van der Waals surface area contributed by atoms with E-state index in [-0.39, 0.29) is 0 Å². The normalized spacial score (nSPS) is 16.7. The fourth-order valence-corrected chi connectivity index (χ4v) is 3.28. The van der Waals surface area contributed by atoms with E-state index in [1.54, 1.807) is 7.11 Å². The zero-order chi connectivity index (χ0) is 17.9. The molecule has 0 bridgehead atoms. The molecule has 0 aliphatic carbocycles. The summed E-state index contributed by atoms with van der Waals surface area (Å²) in [6.07, 6.45) is 3.62. The van der Waals surface area contributed by atoms with E-state index in [4.69, 9.17) is 9.73 Å². The lowest BCUT2D eigenvalue weighted by molar-refractivity contribution is 0.291. The first-order valence-electron chi connectivity index (χ1n) is 9.59. The lowest BCUT2D eigenvalue weighted by Crippen LogP contribution is -2.39. The van der Waals surface area contributed by atoms with Gasteiger partial charge in [-0.15, -0.1) is 0 Å². The van der Waals surface area contributed by atoms with Crippen molar-refractivity contribution in [2.45, 2.75) is 33.1 Å². The van der Waals surface area contributed by atoms with Gasteiger partial charge in [0.15, 0.2) is 5.96 Å². The smallest absolute Gasteiger partial charge is 0.191 e. The molecule has 140 valence electrons. The van der Waals surface area contributed by atoms with Gasteiger partial charge in [-0.2, -0.15) is 0 Å². The Morgan fingerprint density at radius 3 is 2.72 bits per heavy atom. The lowest BCUT2D eigenvalue weighted by Gasteiger charge is -2.19. The van der Waals surface area contributed by atoms with Crippen molar-refractivity contribution in [3.8, 4) is 5.75 Å². The number of benzene rings is 1. The molecule has 25 heavy (non-hydrogen) atoms. The van der Waals surface area contributed by atoms with Gasteiger partial charge < -0.3 is 20.3 Å². The Hall–Kier alpha value is -1.75. The van der Waals surface area contributed by atoms with E-state index in [2.05, 4.69) is 41.5 Å². The molecule has 2 rings (SSSR count). The third kappa shape index (κ3) is 6.94. The maximum absolute atomic E-state index is 5.41. The van der Waals surface area contributed by atoms with Crippen molar-refractivity contribution < 1.29 is 4.74 Å². The molecule has 0 amide bonds. The van der Waals surface area contributed by atoms with Crippen LogP contribution in [-0.4, -0.2) is 57.2 Å². The number of nitrogens with one attached hydrogen (secondary N) is 2. The molecule has 1 aliphatic heterocycles. The quantitative estimate of drug-likeness (QED) is 0.533. The summed E-state index contributed by atoms with van der Waals surface area (Å²) in [4.78, 5) is 7.32. The summed E-state index contributed by atoms with van der Waals surface area (Å²) in [7, 11) is 1.72. The van der Waals surface area contributed by atoms with Crippen molar-refractivity contribution in [1.29, 1.82) is 0 Å². The van der Waals surface area contributed by atoms with Crippen molar-refractivity contribution >= 4 is 5.96 Å². The van der Waals surface area contributed by atoms with E-state index in [0.29, 0.717) is 5.92 Å². The minimum absolute atomic E-state index is 0.586. The molecule has 1 aromatic rings. The predicted molar refractivity (Wildman–Crippen MR) is 106 cm³/mol. The highest BCUT2D eigenvalue weighted by Gasteiger charge is 2.14. The summed E-state index contributed by atoms with van der Waals surface area (Å²) >= 11 is 0. The van der Waals surface area contributed by atoms with Crippen LogP contribution in [0.4, 0.5) is 0 Å². The molecule has 1 saturated heterocycles. The summed E-state index contributed by atoms with van der Waals surface area (Å²) in [5.41, 5.74) is 1.22. The van der Waals surface area contributed by atoms with Crippen LogP contribution in [0.5, 0.6) is 5.75 Å². The average Bonchev–Trinajstić information content (AvgIpc) is 3.13. The van der Waals surface area contributed by atoms with Crippen LogP contribution in [0, 0.1) is 5.92 Å². The Balaban J connectivity index is 1.78. The van der Waals surface area contributed by atoms with Crippen molar-refractivity contribution in [3.05, 3.63) is 29.8 Å². The second-order valence-corrected chi connectivity index (χ2v) is 6.82. The zero-order valence-corrected chi connectivity index (χ0v) is 16.1. The van der Waals surface area contributed by atoms with Gasteiger partial charge in [0.1, 0.15) is 5.75 Å². The molecular formula is C20H34N4O. The molecule has 0 radical (unpaired) electrons. The SMILES string of the molecule is CCNC(=NCC(C)CN1CCCC1)NCCc1ccccc1OC. The molecule has 1 aliphatic rings. The van der Waals surface area contributed by atoms with Crippen LogP contribution in [0.2, 0.25) is 0 Å². The topological polar surface area (TPSA) is 48.9 Å². The number of hydrogen-bond acceptors (Lipinski definition) is 3. The van der Waals surface area contributed by atoms with Crippen LogP contribution in [0.1, 0.15) is 32.3 Å². The van der Waals surface area contributed by atoms with Crippen LogP contribution in [0.15, 0.2) is 29.3 Å². The molecule has 0 aromatic heterocycles. The van der Waals surface area contributed by atoms with Gasteiger partial charge >= 0.3 is 0 Å². The lowest BCUT2D eigenvalue weighted by atomic mass is 10.1. The van der Waals surface area contributed by atoms with Crippen LogP contribution in [0.25, 0.3) is 0 Å². The molecule has 1 aromatic carbocycles. The number of para-hydroxylation sites is 1. The van der Waals surface area contributed by atoms with Gasteiger partial charge in [-0.05, 0) is 56.8 Å². The number of guanidine groups is 1. The van der Waals surface area contributed by atoms with E-state index < -0.39 is 0 Å². The van der Waals surface area contributed by atoms with Gasteiger partial charge in [-0.1, -0.05) is 25.1 Å². The van der Waals surface area contributed by atoms with E-state index in [1.165, 1.54) is 31.5 Å². The highest BCUT2D eigenvalue weighted by molar-refractivity contribution is 5.79. The first-order chi connectivity index (χ1) is 12.2. The highest BCUT2D eigenvalue weighted by Crippen LogP contribution is 2.17. The molecule has 0 spiro atoms. The Morgan fingerprint density at radius 2 is 2.00 bits per heavy atom. The number of rotatable bonds is 9. The first kappa shape index (κ1) is 19.6. The molecule has 5 nitrogen and oxygen atoms in total. The number of nitrogens with zero attached hydrogens (tertiary/aromatic N) is 2. The van der Waals surface area contributed by atoms with Crippen molar-refractivity contribution in [2.24, 2.45) is 10.9 Å². The fraction of sp³-hybridized carbons (Fsp3) is 0.650. The number of ether oxygens (including phenoxy) is 1. The third-order valence-corrected chi connectivity index (χ3v) is 4.55. The van der Waals surface area contributed by atoms with E-state index in [9.17, 15) is 0 Å². The molecule has 5 heteroatoms. The first-order valence-corrected chi connectivity index (χ1v) is 9.59. The standard InChI is InChI=1S/C20H34N4O/c1-4-21-20(23-15-17(2)16-24-13-7-8-14-24)22-12-11-18-9-5-6-10-19(18)25-3/h5-6,9-10,17H,4,7-8,11-16H2,1-3H3,(H2,21,22,23). The second kappa shape index (κ2) is 11.0. The highest BCUT2D eigenvalue weighted by atomic mass is 16.5. The fourth-order valence-electron chi connectivity index (χ4n) is 3.28. The van der Waals surface area contributed by atoms with Crippen molar-refractivity contribution in [1.82, 2.24) is 15.5 Å². The molecule has 1 heterocycles. The van der Waals surface area contributed by atoms with Gasteiger partial charge in [0.2, 0.25) is 0 Å². The van der Waals surface area contributed by atoms with E-state index >= 15 is 0 Å². The minimum Gasteiger partial charge on any atom is -0.496 e. The Bertz CT molecular complexity index is 526. The summed E-state index contributed by atoms with van der Waals surface area (Å²) in [5.74, 6) is 2.44. The largest absolute Gasteiger partial charge is 0.496 e. The van der Waals surface area contributed by atoms with Gasteiger partial charge in [-0.25, -0.2) is 0 Å². The summed E-state index contributed by atoms with van der Waals surface area (Å²) < 4.78 is 5.41. The van der Waals surface area contributed by atoms with Gasteiger partial charge in [0.05, 0.1) is 7.11 Å². The maximum atomic E-state index is 5.41. The Morgan fingerprint density at radius 1 is 1.24 bits per heavy atom. The molecule has 0 saturated carbocycles. The van der Waals surface area contributed by atoms with Crippen LogP contribution >= 0.6 is 0 Å². The third-order valence-electron chi connectivity index (χ3n) is 4.55. The molecule has 2 N–H and O–H groups in total. The minimum atomic E-state index is 0.586. The Labute approximate surface area is 152 Å². The number of aliphatic imine (C=N–C) groups is 1. The van der Waals surface area contributed by atoms with Crippen molar-refractivity contribution in [2.75, 3.05) is 46.4 Å². The molecule has 1 unspecified atom stereocenters. The summed E-state index contributed by atoms with van der Waals surface area (Å²) in [6.45, 7) is 10.6. The number of likely N-dealkylation sites (tertiary alicyclic amines) is 1.